The topological polar surface area (TPSA) is 38.7 Å². The van der Waals surface area contributed by atoms with E-state index in [9.17, 15) is 5.11 Å². The zero-order valence-corrected chi connectivity index (χ0v) is 12.8. The van der Waals surface area contributed by atoms with Gasteiger partial charge in [0.15, 0.2) is 5.79 Å². The molecule has 0 aliphatic heterocycles. The van der Waals surface area contributed by atoms with E-state index in [1.54, 1.807) is 6.92 Å². The van der Waals surface area contributed by atoms with E-state index in [1.165, 1.54) is 0 Å². The lowest BCUT2D eigenvalue weighted by Crippen LogP contribution is -2.43. The predicted molar refractivity (Wildman–Crippen MR) is 70.4 cm³/mol. The van der Waals surface area contributed by atoms with Gasteiger partial charge in [-0.25, -0.2) is 9.78 Å². The largest absolute Gasteiger partial charge is 0.363 e. The molecule has 0 saturated carbocycles. The van der Waals surface area contributed by atoms with Gasteiger partial charge in [0, 0.05) is 6.42 Å². The SMILES string of the molecule is CC(C)CCC(C)(O)OOC(C)(C)C(C)(C)C. The van der Waals surface area contributed by atoms with Crippen molar-refractivity contribution >= 4 is 0 Å². The fourth-order valence-electron chi connectivity index (χ4n) is 0.917. The van der Waals surface area contributed by atoms with Crippen molar-refractivity contribution in [2.24, 2.45) is 11.3 Å². The molecule has 0 bridgehead atoms. The molecule has 0 aromatic heterocycles. The van der Waals surface area contributed by atoms with Crippen molar-refractivity contribution in [1.29, 1.82) is 0 Å². The maximum atomic E-state index is 10.0. The van der Waals surface area contributed by atoms with E-state index in [0.717, 1.165) is 6.42 Å². The fraction of sp³-hybridized carbons (Fsp3) is 1.00. The van der Waals surface area contributed by atoms with Crippen molar-refractivity contribution in [3.63, 3.8) is 0 Å². The average Bonchev–Trinajstić information content (AvgIpc) is 2.11. The molecule has 0 rings (SSSR count). The van der Waals surface area contributed by atoms with Crippen LogP contribution in [0.15, 0.2) is 0 Å². The normalized spacial score (nSPS) is 17.3. The van der Waals surface area contributed by atoms with Gasteiger partial charge in [0.1, 0.15) is 5.60 Å². The molecule has 0 aliphatic carbocycles. The van der Waals surface area contributed by atoms with Gasteiger partial charge in [0.2, 0.25) is 0 Å². The molecule has 0 aromatic carbocycles. The Balaban J connectivity index is 4.26. The van der Waals surface area contributed by atoms with Crippen LogP contribution in [0.2, 0.25) is 0 Å². The predicted octanol–water partition coefficient (Wildman–Crippen LogP) is 3.90. The van der Waals surface area contributed by atoms with Gasteiger partial charge in [-0.1, -0.05) is 34.6 Å². The van der Waals surface area contributed by atoms with E-state index < -0.39 is 11.4 Å². The second kappa shape index (κ2) is 5.68. The van der Waals surface area contributed by atoms with Crippen LogP contribution in [-0.4, -0.2) is 16.5 Å². The van der Waals surface area contributed by atoms with Crippen molar-refractivity contribution in [2.75, 3.05) is 0 Å². The van der Waals surface area contributed by atoms with E-state index in [-0.39, 0.29) is 5.41 Å². The van der Waals surface area contributed by atoms with Crippen LogP contribution >= 0.6 is 0 Å². The Bertz CT molecular complexity index is 224. The highest BCUT2D eigenvalue weighted by atomic mass is 17.2. The molecule has 17 heavy (non-hydrogen) atoms. The summed E-state index contributed by atoms with van der Waals surface area (Å²) < 4.78 is 0. The van der Waals surface area contributed by atoms with Crippen LogP contribution in [0.3, 0.4) is 0 Å². The quantitative estimate of drug-likeness (QED) is 0.439. The average molecular weight is 246 g/mol. The molecule has 0 amide bonds. The van der Waals surface area contributed by atoms with Crippen molar-refractivity contribution in [3.8, 4) is 0 Å². The third-order valence-electron chi connectivity index (χ3n) is 3.42. The Morgan fingerprint density at radius 3 is 1.76 bits per heavy atom. The summed E-state index contributed by atoms with van der Waals surface area (Å²) in [6.07, 6.45) is 1.48. The molecule has 1 unspecified atom stereocenters. The summed E-state index contributed by atoms with van der Waals surface area (Å²) in [7, 11) is 0. The Morgan fingerprint density at radius 2 is 1.41 bits per heavy atom. The molecule has 0 spiro atoms. The summed E-state index contributed by atoms with van der Waals surface area (Å²) in [6.45, 7) is 16.1. The fourth-order valence-corrected chi connectivity index (χ4v) is 0.917. The van der Waals surface area contributed by atoms with E-state index >= 15 is 0 Å². The highest BCUT2D eigenvalue weighted by Gasteiger charge is 2.37. The summed E-state index contributed by atoms with van der Waals surface area (Å²) in [5, 5.41) is 10.0. The van der Waals surface area contributed by atoms with Gasteiger partial charge in [-0.3, -0.25) is 0 Å². The van der Waals surface area contributed by atoms with Crippen LogP contribution in [-0.2, 0) is 9.78 Å². The first-order valence-electron chi connectivity index (χ1n) is 6.47. The number of rotatable bonds is 6. The van der Waals surface area contributed by atoms with Crippen LogP contribution in [0.5, 0.6) is 0 Å². The van der Waals surface area contributed by atoms with E-state index in [4.69, 9.17) is 9.78 Å². The molecule has 0 fully saturated rings. The molecule has 0 aromatic rings. The van der Waals surface area contributed by atoms with Gasteiger partial charge < -0.3 is 5.11 Å². The standard InChI is InChI=1S/C14H30O3/c1-11(2)9-10-14(8,15)17-16-13(6,7)12(3,4)5/h11,15H,9-10H2,1-8H3. The highest BCUT2D eigenvalue weighted by Crippen LogP contribution is 2.34. The lowest BCUT2D eigenvalue weighted by molar-refractivity contribution is -0.462. The highest BCUT2D eigenvalue weighted by molar-refractivity contribution is 4.82. The third kappa shape index (κ3) is 6.39. The zero-order valence-electron chi connectivity index (χ0n) is 12.8. The molecule has 1 N–H and O–H groups in total. The number of hydrogen-bond donors (Lipinski definition) is 1. The first kappa shape index (κ1) is 16.9. The van der Waals surface area contributed by atoms with E-state index in [1.807, 2.05) is 13.8 Å². The van der Waals surface area contributed by atoms with E-state index in [0.29, 0.717) is 12.3 Å². The molecule has 1 atom stereocenters. The summed E-state index contributed by atoms with van der Waals surface area (Å²) in [6, 6.07) is 0. The lowest BCUT2D eigenvalue weighted by atomic mass is 9.79. The van der Waals surface area contributed by atoms with Gasteiger partial charge in [0.05, 0.1) is 0 Å². The minimum atomic E-state index is -1.22. The molecule has 0 radical (unpaired) electrons. The summed E-state index contributed by atoms with van der Waals surface area (Å²) in [5.74, 6) is -0.673. The van der Waals surface area contributed by atoms with Crippen molar-refractivity contribution < 1.29 is 14.9 Å². The second-order valence-electron chi connectivity index (χ2n) is 7.03. The van der Waals surface area contributed by atoms with Gasteiger partial charge in [-0.05, 0) is 38.5 Å². The second-order valence-corrected chi connectivity index (χ2v) is 7.03. The van der Waals surface area contributed by atoms with Crippen molar-refractivity contribution in [2.45, 2.75) is 79.6 Å². The Labute approximate surface area is 106 Å². The molecule has 0 aliphatic rings. The van der Waals surface area contributed by atoms with Gasteiger partial charge in [-0.2, -0.15) is 0 Å². The van der Waals surface area contributed by atoms with Crippen LogP contribution in [0.1, 0.15) is 68.2 Å². The first-order chi connectivity index (χ1) is 7.37. The van der Waals surface area contributed by atoms with Crippen molar-refractivity contribution in [3.05, 3.63) is 0 Å². The zero-order chi connectivity index (χ0) is 13.9. The van der Waals surface area contributed by atoms with Crippen LogP contribution in [0, 0.1) is 11.3 Å². The van der Waals surface area contributed by atoms with Crippen LogP contribution in [0.4, 0.5) is 0 Å². The minimum Gasteiger partial charge on any atom is -0.363 e. The molecule has 3 heteroatoms. The van der Waals surface area contributed by atoms with Gasteiger partial charge in [0.25, 0.3) is 0 Å². The molecule has 0 heterocycles. The monoisotopic (exact) mass is 246 g/mol. The molecular weight excluding hydrogens is 216 g/mol. The van der Waals surface area contributed by atoms with Crippen LogP contribution in [0.25, 0.3) is 0 Å². The van der Waals surface area contributed by atoms with Gasteiger partial charge in [-0.15, -0.1) is 0 Å². The lowest BCUT2D eigenvalue weighted by Gasteiger charge is -2.39. The van der Waals surface area contributed by atoms with Crippen LogP contribution < -0.4 is 0 Å². The number of aliphatic hydroxyl groups is 1. The summed E-state index contributed by atoms with van der Waals surface area (Å²) >= 11 is 0. The molecule has 104 valence electrons. The van der Waals surface area contributed by atoms with Gasteiger partial charge >= 0.3 is 0 Å². The molecule has 0 saturated heterocycles. The van der Waals surface area contributed by atoms with Crippen molar-refractivity contribution in [1.82, 2.24) is 0 Å². The third-order valence-corrected chi connectivity index (χ3v) is 3.42. The Hall–Kier alpha value is -0.120. The first-order valence-corrected chi connectivity index (χ1v) is 6.47. The summed E-state index contributed by atoms with van der Waals surface area (Å²) in [4.78, 5) is 10.7. The molecular formula is C14H30O3. The molecule has 3 nitrogen and oxygen atoms in total. The Morgan fingerprint density at radius 1 is 0.941 bits per heavy atom. The smallest absolute Gasteiger partial charge is 0.196 e. The maximum Gasteiger partial charge on any atom is 0.196 e. The maximum absolute atomic E-state index is 10.0. The number of hydrogen-bond acceptors (Lipinski definition) is 3. The summed E-state index contributed by atoms with van der Waals surface area (Å²) in [5.41, 5.74) is -0.504. The minimum absolute atomic E-state index is 0.0544. The Kier molecular flexibility index (Phi) is 5.64. The van der Waals surface area contributed by atoms with E-state index in [2.05, 4.69) is 34.6 Å².